The molecule has 0 unspecified atom stereocenters. The number of aromatic nitrogens is 1. The lowest BCUT2D eigenvalue weighted by Gasteiger charge is -1.84. The first-order chi connectivity index (χ1) is 5.24. The van der Waals surface area contributed by atoms with Crippen LogP contribution in [0, 0.1) is 6.92 Å². The Bertz CT molecular complexity index is 265. The summed E-state index contributed by atoms with van der Waals surface area (Å²) in [6, 6.07) is 0. The van der Waals surface area contributed by atoms with E-state index in [2.05, 4.69) is 4.98 Å². The monoisotopic (exact) mass is 169 g/mol. The van der Waals surface area contributed by atoms with E-state index in [-0.39, 0.29) is 0 Å². The van der Waals surface area contributed by atoms with E-state index in [1.165, 1.54) is 11.3 Å². The van der Waals surface area contributed by atoms with Crippen LogP contribution in [0.15, 0.2) is 6.08 Å². The smallest absolute Gasteiger partial charge is 0.180 e. The summed E-state index contributed by atoms with van der Waals surface area (Å²) in [6.07, 6.45) is 3.84. The first-order valence-electron chi connectivity index (χ1n) is 3.33. The van der Waals surface area contributed by atoms with E-state index in [9.17, 15) is 0 Å². The van der Waals surface area contributed by atoms with Crippen molar-refractivity contribution in [1.82, 2.24) is 4.98 Å². The van der Waals surface area contributed by atoms with Crippen LogP contribution in [0.25, 0.3) is 6.08 Å². The first-order valence-corrected chi connectivity index (χ1v) is 4.15. The minimum absolute atomic E-state index is 0.553. The Balaban J connectivity index is 2.85. The maximum Gasteiger partial charge on any atom is 0.180 e. The van der Waals surface area contributed by atoms with Crippen LogP contribution in [0.1, 0.15) is 10.6 Å². The van der Waals surface area contributed by atoms with Gasteiger partial charge in [0.2, 0.25) is 0 Å². The molecule has 0 aliphatic rings. The Labute approximate surface area is 69.7 Å². The Kier molecular flexibility index (Phi) is 2.62. The molecule has 0 aliphatic carbocycles. The molecular formula is C7H11N3S. The molecule has 1 aromatic rings. The normalized spacial score (nSPS) is 11.1. The molecule has 0 aromatic carbocycles. The van der Waals surface area contributed by atoms with Crippen molar-refractivity contribution in [3.05, 3.63) is 16.6 Å². The van der Waals surface area contributed by atoms with Crippen molar-refractivity contribution < 1.29 is 0 Å². The van der Waals surface area contributed by atoms with E-state index < -0.39 is 0 Å². The largest absolute Gasteiger partial charge is 0.375 e. The van der Waals surface area contributed by atoms with Crippen LogP contribution in [0.5, 0.6) is 0 Å². The number of thiazole rings is 1. The van der Waals surface area contributed by atoms with E-state index in [0.29, 0.717) is 11.7 Å². The van der Waals surface area contributed by atoms with Crippen LogP contribution in [0.3, 0.4) is 0 Å². The van der Waals surface area contributed by atoms with Crippen molar-refractivity contribution in [3.8, 4) is 0 Å². The Morgan fingerprint density at radius 2 is 2.36 bits per heavy atom. The molecule has 1 heterocycles. The molecule has 4 heteroatoms. The zero-order chi connectivity index (χ0) is 8.27. The Hall–Kier alpha value is -0.870. The molecule has 11 heavy (non-hydrogen) atoms. The second kappa shape index (κ2) is 3.50. The standard InChI is InChI=1S/C7H11N3S/c1-5-6(3-2-4-8)11-7(9)10-5/h2-3H,4,8H2,1H3,(H2,9,10). The van der Waals surface area contributed by atoms with Gasteiger partial charge in [0.05, 0.1) is 10.6 Å². The number of rotatable bonds is 2. The lowest BCUT2D eigenvalue weighted by atomic mass is 10.3. The fraction of sp³-hybridized carbons (Fsp3) is 0.286. The second-order valence-electron chi connectivity index (χ2n) is 2.14. The number of nitrogens with two attached hydrogens (primary N) is 2. The third kappa shape index (κ3) is 2.03. The molecule has 0 fully saturated rings. The summed E-state index contributed by atoms with van der Waals surface area (Å²) < 4.78 is 0. The van der Waals surface area contributed by atoms with Gasteiger partial charge in [-0.1, -0.05) is 17.4 Å². The predicted molar refractivity (Wildman–Crippen MR) is 49.4 cm³/mol. The highest BCUT2D eigenvalue weighted by atomic mass is 32.1. The second-order valence-corrected chi connectivity index (χ2v) is 3.20. The van der Waals surface area contributed by atoms with Gasteiger partial charge in [0.25, 0.3) is 0 Å². The molecule has 0 saturated heterocycles. The van der Waals surface area contributed by atoms with Crippen LogP contribution in [-0.4, -0.2) is 11.5 Å². The first kappa shape index (κ1) is 8.23. The molecule has 1 aromatic heterocycles. The zero-order valence-corrected chi connectivity index (χ0v) is 7.19. The molecule has 0 aliphatic heterocycles. The highest BCUT2D eigenvalue weighted by molar-refractivity contribution is 7.16. The lowest BCUT2D eigenvalue weighted by molar-refractivity contribution is 1.25. The van der Waals surface area contributed by atoms with Crippen molar-refractivity contribution in [1.29, 1.82) is 0 Å². The van der Waals surface area contributed by atoms with Crippen LogP contribution in [0.4, 0.5) is 5.13 Å². The van der Waals surface area contributed by atoms with Crippen LogP contribution in [-0.2, 0) is 0 Å². The number of nitrogens with zero attached hydrogens (tertiary/aromatic N) is 1. The van der Waals surface area contributed by atoms with Crippen molar-refractivity contribution >= 4 is 22.5 Å². The summed E-state index contributed by atoms with van der Waals surface area (Å²) >= 11 is 1.48. The molecule has 0 amide bonds. The van der Waals surface area contributed by atoms with Crippen molar-refractivity contribution in [2.75, 3.05) is 12.3 Å². The van der Waals surface area contributed by atoms with Gasteiger partial charge in [-0.05, 0) is 13.0 Å². The summed E-state index contributed by atoms with van der Waals surface area (Å²) in [6.45, 7) is 2.49. The van der Waals surface area contributed by atoms with Gasteiger partial charge in [0, 0.05) is 6.54 Å². The van der Waals surface area contributed by atoms with Gasteiger partial charge in [-0.2, -0.15) is 0 Å². The van der Waals surface area contributed by atoms with Gasteiger partial charge in [-0.15, -0.1) is 0 Å². The number of anilines is 1. The van der Waals surface area contributed by atoms with Gasteiger partial charge in [0.15, 0.2) is 5.13 Å². The molecule has 0 spiro atoms. The van der Waals surface area contributed by atoms with Gasteiger partial charge in [-0.3, -0.25) is 0 Å². The van der Waals surface area contributed by atoms with Gasteiger partial charge < -0.3 is 11.5 Å². The average Bonchev–Trinajstić information content (AvgIpc) is 2.26. The van der Waals surface area contributed by atoms with Crippen LogP contribution >= 0.6 is 11.3 Å². The van der Waals surface area contributed by atoms with Crippen LogP contribution < -0.4 is 11.5 Å². The van der Waals surface area contributed by atoms with Crippen molar-refractivity contribution in [3.63, 3.8) is 0 Å². The van der Waals surface area contributed by atoms with Crippen LogP contribution in [0.2, 0.25) is 0 Å². The molecule has 4 N–H and O–H groups in total. The summed E-state index contributed by atoms with van der Waals surface area (Å²) in [5.41, 5.74) is 11.8. The van der Waals surface area contributed by atoms with E-state index in [4.69, 9.17) is 11.5 Å². The molecule has 3 nitrogen and oxygen atoms in total. The number of nitrogen functional groups attached to an aromatic ring is 1. The maximum atomic E-state index is 5.49. The topological polar surface area (TPSA) is 64.9 Å². The fourth-order valence-corrected chi connectivity index (χ4v) is 1.52. The van der Waals surface area contributed by atoms with Gasteiger partial charge in [0.1, 0.15) is 0 Å². The SMILES string of the molecule is Cc1nc(N)sc1C=CCN. The highest BCUT2D eigenvalue weighted by Crippen LogP contribution is 2.20. The van der Waals surface area contributed by atoms with Gasteiger partial charge in [-0.25, -0.2) is 4.98 Å². The predicted octanol–water partition coefficient (Wildman–Crippen LogP) is 1.01. The average molecular weight is 169 g/mol. The summed E-state index contributed by atoms with van der Waals surface area (Å²) in [5, 5.41) is 0.610. The molecule has 0 atom stereocenters. The molecule has 0 bridgehead atoms. The summed E-state index contributed by atoms with van der Waals surface area (Å²) in [5.74, 6) is 0. The van der Waals surface area contributed by atoms with Crippen molar-refractivity contribution in [2.45, 2.75) is 6.92 Å². The molecule has 60 valence electrons. The van der Waals surface area contributed by atoms with E-state index in [1.54, 1.807) is 0 Å². The van der Waals surface area contributed by atoms with E-state index in [1.807, 2.05) is 19.1 Å². The Morgan fingerprint density at radius 3 is 2.82 bits per heavy atom. The number of aryl methyl sites for hydroxylation is 1. The van der Waals surface area contributed by atoms with E-state index >= 15 is 0 Å². The quantitative estimate of drug-likeness (QED) is 0.694. The fourth-order valence-electron chi connectivity index (χ4n) is 0.759. The third-order valence-electron chi connectivity index (χ3n) is 1.25. The number of hydrogen-bond acceptors (Lipinski definition) is 4. The van der Waals surface area contributed by atoms with Crippen molar-refractivity contribution in [2.24, 2.45) is 5.73 Å². The summed E-state index contributed by atoms with van der Waals surface area (Å²) in [4.78, 5) is 5.16. The lowest BCUT2D eigenvalue weighted by Crippen LogP contribution is -1.91. The minimum Gasteiger partial charge on any atom is -0.375 e. The molecule has 0 saturated carbocycles. The molecular weight excluding hydrogens is 158 g/mol. The van der Waals surface area contributed by atoms with Gasteiger partial charge >= 0.3 is 0 Å². The van der Waals surface area contributed by atoms with E-state index in [0.717, 1.165) is 10.6 Å². The maximum absolute atomic E-state index is 5.49. The third-order valence-corrected chi connectivity index (χ3v) is 2.21. The molecule has 1 rings (SSSR count). The zero-order valence-electron chi connectivity index (χ0n) is 6.37. The Morgan fingerprint density at radius 1 is 1.64 bits per heavy atom. The highest BCUT2D eigenvalue weighted by Gasteiger charge is 1.99. The summed E-state index contributed by atoms with van der Waals surface area (Å²) in [7, 11) is 0. The number of hydrogen-bond donors (Lipinski definition) is 2. The minimum atomic E-state index is 0.553. The molecule has 0 radical (unpaired) electrons.